The zero-order valence-corrected chi connectivity index (χ0v) is 16.7. The maximum Gasteiger partial charge on any atom is 0.335 e. The first-order chi connectivity index (χ1) is 14.0. The van der Waals surface area contributed by atoms with E-state index in [2.05, 4.69) is 20.0 Å². The van der Waals surface area contributed by atoms with Crippen LogP contribution in [-0.4, -0.2) is 47.3 Å². The van der Waals surface area contributed by atoms with Crippen LogP contribution in [0.25, 0.3) is 11.0 Å². The van der Waals surface area contributed by atoms with Gasteiger partial charge in [-0.05, 0) is 24.5 Å². The van der Waals surface area contributed by atoms with E-state index in [9.17, 15) is 13.5 Å². The molecule has 1 aromatic carbocycles. The number of hydrogen-bond donors (Lipinski definition) is 3. The molecule has 3 atom stereocenters. The Morgan fingerprint density at radius 3 is 2.76 bits per heavy atom. The van der Waals surface area contributed by atoms with Crippen molar-refractivity contribution in [3.8, 4) is 0 Å². The predicted octanol–water partition coefficient (Wildman–Crippen LogP) is 1.59. The largest absolute Gasteiger partial charge is 0.390 e. The highest BCUT2D eigenvalue weighted by atomic mass is 32.2. The van der Waals surface area contributed by atoms with Gasteiger partial charge in [-0.25, -0.2) is 9.97 Å². The van der Waals surface area contributed by atoms with Crippen molar-refractivity contribution in [3.63, 3.8) is 0 Å². The predicted molar refractivity (Wildman–Crippen MR) is 108 cm³/mol. The number of aliphatic hydroxyl groups excluding tert-OH is 1. The Kier molecular flexibility index (Phi) is 5.50. The highest BCUT2D eigenvalue weighted by Gasteiger charge is 2.38. The van der Waals surface area contributed by atoms with Crippen LogP contribution in [-0.2, 0) is 21.0 Å². The van der Waals surface area contributed by atoms with Crippen LogP contribution in [0.15, 0.2) is 48.9 Å². The molecule has 1 aliphatic carbocycles. The average Bonchev–Trinajstić information content (AvgIpc) is 3.31. The Balaban J connectivity index is 1.53. The van der Waals surface area contributed by atoms with E-state index in [0.717, 1.165) is 22.4 Å². The van der Waals surface area contributed by atoms with E-state index in [1.54, 1.807) is 0 Å². The van der Waals surface area contributed by atoms with Gasteiger partial charge in [-0.3, -0.25) is 4.18 Å². The Bertz CT molecular complexity index is 1090. The van der Waals surface area contributed by atoms with Gasteiger partial charge in [-0.15, -0.1) is 0 Å². The third-order valence-corrected chi connectivity index (χ3v) is 6.15. The normalized spacial score (nSPS) is 22.2. The number of benzene rings is 1. The molecule has 10 heteroatoms. The van der Waals surface area contributed by atoms with Crippen molar-refractivity contribution in [3.05, 3.63) is 54.5 Å². The van der Waals surface area contributed by atoms with E-state index in [1.165, 1.54) is 13.4 Å². The molecule has 29 heavy (non-hydrogen) atoms. The van der Waals surface area contributed by atoms with Crippen LogP contribution in [0, 0.1) is 0 Å². The molecule has 0 saturated heterocycles. The summed E-state index contributed by atoms with van der Waals surface area (Å²) in [6, 6.07) is 11.8. The summed E-state index contributed by atoms with van der Waals surface area (Å²) in [6.07, 6.45) is 2.45. The number of rotatable bonds is 7. The second-order valence-electron chi connectivity index (χ2n) is 7.01. The maximum absolute atomic E-state index is 11.7. The number of aliphatic hydroxyl groups is 1. The summed E-state index contributed by atoms with van der Waals surface area (Å²) >= 11 is 0. The summed E-state index contributed by atoms with van der Waals surface area (Å²) in [4.78, 5) is 8.76. The molecule has 2 aromatic heterocycles. The summed E-state index contributed by atoms with van der Waals surface area (Å²) in [5, 5.41) is 14.5. The van der Waals surface area contributed by atoms with E-state index < -0.39 is 22.5 Å². The van der Waals surface area contributed by atoms with Crippen molar-refractivity contribution >= 4 is 27.2 Å². The molecule has 1 aliphatic rings. The van der Waals surface area contributed by atoms with Gasteiger partial charge in [0, 0.05) is 25.8 Å². The maximum atomic E-state index is 11.7. The second-order valence-corrected chi connectivity index (χ2v) is 8.52. The Morgan fingerprint density at radius 1 is 1.21 bits per heavy atom. The van der Waals surface area contributed by atoms with Crippen LogP contribution < -0.4 is 10.0 Å². The van der Waals surface area contributed by atoms with E-state index >= 15 is 0 Å². The number of nitrogens with zero attached hydrogens (tertiary/aromatic N) is 3. The molecule has 9 nitrogen and oxygen atoms in total. The minimum Gasteiger partial charge on any atom is -0.390 e. The topological polar surface area (TPSA) is 118 Å². The lowest BCUT2D eigenvalue weighted by atomic mass is 10.2. The molecule has 4 rings (SSSR count). The molecule has 0 unspecified atom stereocenters. The fraction of sp³-hybridized carbons (Fsp3) is 0.368. The van der Waals surface area contributed by atoms with Crippen LogP contribution in [0.1, 0.15) is 24.4 Å². The van der Waals surface area contributed by atoms with Crippen molar-refractivity contribution < 1.29 is 17.7 Å². The van der Waals surface area contributed by atoms with Gasteiger partial charge in [-0.2, -0.15) is 13.1 Å². The average molecular weight is 417 g/mol. The fourth-order valence-corrected chi connectivity index (χ4v) is 4.31. The number of anilines is 1. The van der Waals surface area contributed by atoms with Crippen molar-refractivity contribution in [2.45, 2.75) is 37.6 Å². The SMILES string of the molecule is CNS(=O)(=O)O[C@H]1C[C@H](n2ccc3c(NCc4ccccc4)ncnc32)C[C@@H]1O. The Morgan fingerprint density at radius 2 is 2.00 bits per heavy atom. The van der Waals surface area contributed by atoms with Crippen molar-refractivity contribution in [2.75, 3.05) is 12.4 Å². The lowest BCUT2D eigenvalue weighted by Crippen LogP contribution is -2.31. The molecule has 3 N–H and O–H groups in total. The van der Waals surface area contributed by atoms with Gasteiger partial charge in [0.05, 0.1) is 11.5 Å². The minimum atomic E-state index is -3.87. The van der Waals surface area contributed by atoms with Crippen LogP contribution in [0.4, 0.5) is 5.82 Å². The lowest BCUT2D eigenvalue weighted by molar-refractivity contribution is 0.0635. The lowest BCUT2D eigenvalue weighted by Gasteiger charge is -2.15. The zero-order chi connectivity index (χ0) is 20.4. The Labute approximate surface area is 169 Å². The molecule has 0 aliphatic heterocycles. The van der Waals surface area contributed by atoms with E-state index in [4.69, 9.17) is 4.18 Å². The van der Waals surface area contributed by atoms with Gasteiger partial charge in [0.1, 0.15) is 23.9 Å². The van der Waals surface area contributed by atoms with Crippen molar-refractivity contribution in [1.82, 2.24) is 19.3 Å². The van der Waals surface area contributed by atoms with Gasteiger partial charge in [0.2, 0.25) is 0 Å². The van der Waals surface area contributed by atoms with E-state index in [-0.39, 0.29) is 6.04 Å². The number of hydrogen-bond acceptors (Lipinski definition) is 7. The van der Waals surface area contributed by atoms with Crippen LogP contribution in [0.2, 0.25) is 0 Å². The standard InChI is InChI=1S/C19H23N5O4S/c1-20-29(26,27)28-17-10-14(9-16(17)25)24-8-7-15-18(22-12-23-19(15)24)21-11-13-5-3-2-4-6-13/h2-8,12,14,16-17,20,25H,9-11H2,1H3,(H,21,22,23)/t14-,16+,17+/m1/s1. The van der Waals surface area contributed by atoms with Gasteiger partial charge in [0.25, 0.3) is 0 Å². The number of nitrogens with one attached hydrogen (secondary N) is 2. The van der Waals surface area contributed by atoms with Gasteiger partial charge in [-0.1, -0.05) is 30.3 Å². The third kappa shape index (κ3) is 4.25. The first kappa shape index (κ1) is 19.8. The molecular weight excluding hydrogens is 394 g/mol. The summed E-state index contributed by atoms with van der Waals surface area (Å²) < 4.78 is 32.4. The smallest absolute Gasteiger partial charge is 0.335 e. The molecule has 3 aromatic rings. The summed E-state index contributed by atoms with van der Waals surface area (Å²) in [5.41, 5.74) is 1.87. The Hall–Kier alpha value is -2.53. The van der Waals surface area contributed by atoms with E-state index in [0.29, 0.717) is 19.4 Å². The monoisotopic (exact) mass is 417 g/mol. The first-order valence-electron chi connectivity index (χ1n) is 9.36. The minimum absolute atomic E-state index is 0.128. The van der Waals surface area contributed by atoms with Gasteiger partial charge in [0.15, 0.2) is 0 Å². The fourth-order valence-electron chi connectivity index (χ4n) is 3.68. The molecule has 1 saturated carbocycles. The summed E-state index contributed by atoms with van der Waals surface area (Å²) in [5.74, 6) is 0.724. The molecule has 0 radical (unpaired) electrons. The van der Waals surface area contributed by atoms with Crippen LogP contribution in [0.3, 0.4) is 0 Å². The number of aromatic nitrogens is 3. The van der Waals surface area contributed by atoms with Crippen molar-refractivity contribution in [2.24, 2.45) is 0 Å². The number of fused-ring (bicyclic) bond motifs is 1. The van der Waals surface area contributed by atoms with Crippen molar-refractivity contribution in [1.29, 1.82) is 0 Å². The quantitative estimate of drug-likeness (QED) is 0.534. The summed E-state index contributed by atoms with van der Waals surface area (Å²) in [7, 11) is -2.59. The molecule has 0 bridgehead atoms. The summed E-state index contributed by atoms with van der Waals surface area (Å²) in [6.45, 7) is 0.637. The molecule has 0 amide bonds. The van der Waals surface area contributed by atoms with Crippen LogP contribution >= 0.6 is 0 Å². The third-order valence-electron chi connectivity index (χ3n) is 5.15. The molecule has 1 fully saturated rings. The first-order valence-corrected chi connectivity index (χ1v) is 10.8. The molecule has 2 heterocycles. The molecular formula is C19H23N5O4S. The highest BCUT2D eigenvalue weighted by molar-refractivity contribution is 7.84. The second kappa shape index (κ2) is 8.07. The molecule has 154 valence electrons. The highest BCUT2D eigenvalue weighted by Crippen LogP contribution is 2.36. The zero-order valence-electron chi connectivity index (χ0n) is 15.9. The van der Waals surface area contributed by atoms with Gasteiger partial charge < -0.3 is 15.0 Å². The van der Waals surface area contributed by atoms with Crippen LogP contribution in [0.5, 0.6) is 0 Å². The van der Waals surface area contributed by atoms with Gasteiger partial charge >= 0.3 is 10.3 Å². The molecule has 0 spiro atoms. The van der Waals surface area contributed by atoms with E-state index in [1.807, 2.05) is 47.2 Å².